The first kappa shape index (κ1) is 15.1. The van der Waals surface area contributed by atoms with Gasteiger partial charge in [0, 0.05) is 11.5 Å². The number of aliphatic hydroxyl groups excluding tert-OH is 2. The predicted molar refractivity (Wildman–Crippen MR) is 66.1 cm³/mol. The number of aliphatic hydroxyl groups is 2. The third kappa shape index (κ3) is 3.75. The van der Waals surface area contributed by atoms with Crippen LogP contribution in [-0.4, -0.2) is 23.4 Å². The Labute approximate surface area is 106 Å². The highest BCUT2D eigenvalue weighted by molar-refractivity contribution is 5.20. The molecule has 0 aliphatic heterocycles. The molecular weight excluding hydrogens is 238 g/mol. The van der Waals surface area contributed by atoms with Gasteiger partial charge < -0.3 is 10.2 Å². The molecule has 1 aromatic carbocycles. The van der Waals surface area contributed by atoms with Crippen molar-refractivity contribution in [1.29, 1.82) is 0 Å². The second-order valence-electron chi connectivity index (χ2n) is 5.33. The van der Waals surface area contributed by atoms with Crippen LogP contribution in [-0.2, 0) is 6.42 Å². The summed E-state index contributed by atoms with van der Waals surface area (Å²) in [6.45, 7) is 3.50. The molecule has 0 radical (unpaired) electrons. The Balaban J connectivity index is 2.95. The zero-order valence-electron chi connectivity index (χ0n) is 10.8. The molecule has 0 aliphatic carbocycles. The van der Waals surface area contributed by atoms with Crippen molar-refractivity contribution in [2.75, 3.05) is 13.2 Å². The van der Waals surface area contributed by atoms with Crippen LogP contribution in [0.25, 0.3) is 0 Å². The van der Waals surface area contributed by atoms with Crippen molar-refractivity contribution in [2.24, 2.45) is 11.3 Å². The van der Waals surface area contributed by atoms with Crippen LogP contribution in [0.5, 0.6) is 0 Å². The van der Waals surface area contributed by atoms with Crippen LogP contribution < -0.4 is 0 Å². The van der Waals surface area contributed by atoms with E-state index in [2.05, 4.69) is 0 Å². The Morgan fingerprint density at radius 2 is 1.78 bits per heavy atom. The fraction of sp³-hybridized carbons (Fsp3) is 0.571. The number of rotatable bonds is 6. The highest BCUT2D eigenvalue weighted by atomic mass is 19.1. The standard InChI is InChI=1S/C14H20F2O2/c1-10(2)6-14(8-17,9-18)7-11-3-4-12(15)5-13(11)16/h3-5,10,17-18H,6-9H2,1-2H3. The average Bonchev–Trinajstić information content (AvgIpc) is 2.31. The van der Waals surface area contributed by atoms with E-state index in [9.17, 15) is 19.0 Å². The third-order valence-corrected chi connectivity index (χ3v) is 3.09. The van der Waals surface area contributed by atoms with Gasteiger partial charge in [-0.25, -0.2) is 8.78 Å². The van der Waals surface area contributed by atoms with Gasteiger partial charge in [0.2, 0.25) is 0 Å². The van der Waals surface area contributed by atoms with Crippen LogP contribution >= 0.6 is 0 Å². The minimum Gasteiger partial charge on any atom is -0.396 e. The molecule has 0 aliphatic rings. The van der Waals surface area contributed by atoms with E-state index in [1.165, 1.54) is 12.1 Å². The molecular formula is C14H20F2O2. The molecule has 2 nitrogen and oxygen atoms in total. The number of halogens is 2. The van der Waals surface area contributed by atoms with Gasteiger partial charge in [-0.3, -0.25) is 0 Å². The van der Waals surface area contributed by atoms with Gasteiger partial charge in [-0.15, -0.1) is 0 Å². The first-order chi connectivity index (χ1) is 8.42. The lowest BCUT2D eigenvalue weighted by Gasteiger charge is -2.31. The molecule has 0 heterocycles. The Morgan fingerprint density at radius 1 is 1.17 bits per heavy atom. The molecule has 0 atom stereocenters. The topological polar surface area (TPSA) is 40.5 Å². The van der Waals surface area contributed by atoms with Crippen molar-refractivity contribution < 1.29 is 19.0 Å². The Kier molecular flexibility index (Phi) is 5.23. The second-order valence-corrected chi connectivity index (χ2v) is 5.33. The molecule has 0 fully saturated rings. The largest absolute Gasteiger partial charge is 0.396 e. The SMILES string of the molecule is CC(C)CC(CO)(CO)Cc1ccc(F)cc1F. The molecule has 1 aromatic rings. The monoisotopic (exact) mass is 258 g/mol. The van der Waals surface area contributed by atoms with Crippen molar-refractivity contribution in [3.05, 3.63) is 35.4 Å². The Bertz CT molecular complexity index is 387. The molecule has 4 heteroatoms. The maximum atomic E-state index is 13.6. The molecule has 0 amide bonds. The maximum absolute atomic E-state index is 13.6. The zero-order chi connectivity index (χ0) is 13.8. The smallest absolute Gasteiger partial charge is 0.129 e. The summed E-state index contributed by atoms with van der Waals surface area (Å²) in [5.74, 6) is -0.989. The van der Waals surface area contributed by atoms with Crippen molar-refractivity contribution in [2.45, 2.75) is 26.7 Å². The lowest BCUT2D eigenvalue weighted by atomic mass is 9.76. The summed E-state index contributed by atoms with van der Waals surface area (Å²) in [5.41, 5.74) is -0.438. The molecule has 0 spiro atoms. The molecule has 0 aromatic heterocycles. The van der Waals surface area contributed by atoms with E-state index in [4.69, 9.17) is 0 Å². The van der Waals surface area contributed by atoms with E-state index in [-0.39, 0.29) is 25.6 Å². The van der Waals surface area contributed by atoms with Crippen LogP contribution in [0, 0.1) is 23.0 Å². The lowest BCUT2D eigenvalue weighted by Crippen LogP contribution is -2.34. The summed E-state index contributed by atoms with van der Waals surface area (Å²) in [4.78, 5) is 0. The summed E-state index contributed by atoms with van der Waals surface area (Å²) in [7, 11) is 0. The van der Waals surface area contributed by atoms with Crippen LogP contribution in [0.3, 0.4) is 0 Å². The normalized spacial score (nSPS) is 12.2. The van der Waals surface area contributed by atoms with Gasteiger partial charge in [0.15, 0.2) is 0 Å². The van der Waals surface area contributed by atoms with Gasteiger partial charge >= 0.3 is 0 Å². The van der Waals surface area contributed by atoms with Gasteiger partial charge in [-0.1, -0.05) is 19.9 Å². The van der Waals surface area contributed by atoms with Crippen molar-refractivity contribution in [1.82, 2.24) is 0 Å². The van der Waals surface area contributed by atoms with Gasteiger partial charge in [0.25, 0.3) is 0 Å². The molecule has 18 heavy (non-hydrogen) atoms. The van der Waals surface area contributed by atoms with Crippen LogP contribution in [0.15, 0.2) is 18.2 Å². The summed E-state index contributed by atoms with van der Waals surface area (Å²) >= 11 is 0. The second kappa shape index (κ2) is 6.25. The summed E-state index contributed by atoms with van der Waals surface area (Å²) in [5, 5.41) is 19.0. The predicted octanol–water partition coefficient (Wildman–Crippen LogP) is 2.52. The lowest BCUT2D eigenvalue weighted by molar-refractivity contribution is 0.0363. The zero-order valence-corrected chi connectivity index (χ0v) is 10.8. The highest BCUT2D eigenvalue weighted by Gasteiger charge is 2.31. The molecule has 102 valence electrons. The molecule has 0 saturated heterocycles. The van der Waals surface area contributed by atoms with Gasteiger partial charge in [0.05, 0.1) is 13.2 Å². The van der Waals surface area contributed by atoms with E-state index in [0.717, 1.165) is 6.07 Å². The first-order valence-corrected chi connectivity index (χ1v) is 6.08. The fourth-order valence-corrected chi connectivity index (χ4v) is 2.30. The summed E-state index contributed by atoms with van der Waals surface area (Å²) in [6, 6.07) is 3.38. The summed E-state index contributed by atoms with van der Waals surface area (Å²) < 4.78 is 26.4. The van der Waals surface area contributed by atoms with E-state index in [1.54, 1.807) is 0 Å². The number of benzene rings is 1. The summed E-state index contributed by atoms with van der Waals surface area (Å²) in [6.07, 6.45) is 0.779. The van der Waals surface area contributed by atoms with Crippen molar-refractivity contribution >= 4 is 0 Å². The Morgan fingerprint density at radius 3 is 2.22 bits per heavy atom. The molecule has 2 N–H and O–H groups in total. The van der Waals surface area contributed by atoms with E-state index in [1.807, 2.05) is 13.8 Å². The third-order valence-electron chi connectivity index (χ3n) is 3.09. The minimum atomic E-state index is -0.757. The van der Waals surface area contributed by atoms with Crippen molar-refractivity contribution in [3.8, 4) is 0 Å². The van der Waals surface area contributed by atoms with Gasteiger partial charge in [-0.2, -0.15) is 0 Å². The van der Waals surface area contributed by atoms with Gasteiger partial charge in [0.1, 0.15) is 11.6 Å². The quantitative estimate of drug-likeness (QED) is 0.823. The molecule has 0 saturated carbocycles. The van der Waals surface area contributed by atoms with E-state index in [0.29, 0.717) is 12.0 Å². The van der Waals surface area contributed by atoms with Gasteiger partial charge in [-0.05, 0) is 30.4 Å². The Hall–Kier alpha value is -1.00. The first-order valence-electron chi connectivity index (χ1n) is 6.08. The molecule has 0 bridgehead atoms. The fourth-order valence-electron chi connectivity index (χ4n) is 2.30. The maximum Gasteiger partial charge on any atom is 0.129 e. The van der Waals surface area contributed by atoms with Crippen LogP contribution in [0.1, 0.15) is 25.8 Å². The van der Waals surface area contributed by atoms with E-state index >= 15 is 0 Å². The minimum absolute atomic E-state index is 0.199. The molecule has 0 unspecified atom stereocenters. The number of hydrogen-bond donors (Lipinski definition) is 2. The van der Waals surface area contributed by atoms with E-state index < -0.39 is 17.0 Å². The highest BCUT2D eigenvalue weighted by Crippen LogP contribution is 2.31. The molecule has 1 rings (SSSR count). The van der Waals surface area contributed by atoms with Crippen molar-refractivity contribution in [3.63, 3.8) is 0 Å². The van der Waals surface area contributed by atoms with Crippen LogP contribution in [0.2, 0.25) is 0 Å². The van der Waals surface area contributed by atoms with Crippen LogP contribution in [0.4, 0.5) is 8.78 Å². The number of hydrogen-bond acceptors (Lipinski definition) is 2. The average molecular weight is 258 g/mol.